The Balaban J connectivity index is 1.60. The van der Waals surface area contributed by atoms with Gasteiger partial charge >= 0.3 is 0 Å². The molecule has 1 fully saturated rings. The van der Waals surface area contributed by atoms with Gasteiger partial charge in [0.15, 0.2) is 0 Å². The van der Waals surface area contributed by atoms with Crippen molar-refractivity contribution in [2.45, 2.75) is 39.2 Å². The van der Waals surface area contributed by atoms with Gasteiger partial charge in [-0.2, -0.15) is 0 Å². The van der Waals surface area contributed by atoms with E-state index in [1.54, 1.807) is 11.3 Å². The number of carbonyl (C=O) groups excluding carboxylic acids is 1. The second kappa shape index (κ2) is 7.27. The summed E-state index contributed by atoms with van der Waals surface area (Å²) in [4.78, 5) is 13.7. The van der Waals surface area contributed by atoms with Crippen LogP contribution in [-0.4, -0.2) is 30.3 Å². The summed E-state index contributed by atoms with van der Waals surface area (Å²) in [5.74, 6) is 1.05. The molecule has 0 aromatic carbocycles. The fourth-order valence-corrected chi connectivity index (χ4v) is 3.83. The zero-order valence-electron chi connectivity index (χ0n) is 13.5. The van der Waals surface area contributed by atoms with Crippen LogP contribution < -0.4 is 5.32 Å². The zero-order chi connectivity index (χ0) is 16.2. The van der Waals surface area contributed by atoms with Gasteiger partial charge in [-0.3, -0.25) is 4.79 Å². The smallest absolute Gasteiger partial charge is 0.252 e. The predicted molar refractivity (Wildman–Crippen MR) is 88.8 cm³/mol. The van der Waals surface area contributed by atoms with Gasteiger partial charge in [-0.05, 0) is 19.4 Å². The van der Waals surface area contributed by atoms with Gasteiger partial charge in [0.25, 0.3) is 5.91 Å². The topological polar surface area (TPSA) is 64.4 Å². The number of aryl methyl sites for hydroxylation is 2. The largest absolute Gasteiger partial charge is 0.379 e. The number of hydrogen-bond donors (Lipinski definition) is 1. The first-order chi connectivity index (χ1) is 11.2. The molecule has 1 N–H and O–H groups in total. The first kappa shape index (κ1) is 16.2. The van der Waals surface area contributed by atoms with Gasteiger partial charge in [0, 0.05) is 28.7 Å². The predicted octanol–water partition coefficient (Wildman–Crippen LogP) is 2.98. The number of nitrogens with zero attached hydrogens (tertiary/aromatic N) is 1. The van der Waals surface area contributed by atoms with Crippen molar-refractivity contribution in [2.75, 3.05) is 13.2 Å². The maximum absolute atomic E-state index is 12.4. The zero-order valence-corrected chi connectivity index (χ0v) is 14.3. The van der Waals surface area contributed by atoms with Crippen molar-refractivity contribution in [3.63, 3.8) is 0 Å². The summed E-state index contributed by atoms with van der Waals surface area (Å²) < 4.78 is 10.8. The van der Waals surface area contributed by atoms with Gasteiger partial charge in [-0.1, -0.05) is 18.5 Å². The third-order valence-electron chi connectivity index (χ3n) is 4.07. The number of ether oxygens (including phenoxy) is 1. The molecular weight excluding hydrogens is 312 g/mol. The van der Waals surface area contributed by atoms with Crippen LogP contribution in [0.25, 0.3) is 0 Å². The van der Waals surface area contributed by atoms with Gasteiger partial charge in [0.2, 0.25) is 0 Å². The van der Waals surface area contributed by atoms with E-state index >= 15 is 0 Å². The van der Waals surface area contributed by atoms with E-state index in [1.807, 2.05) is 24.4 Å². The quantitative estimate of drug-likeness (QED) is 0.882. The summed E-state index contributed by atoms with van der Waals surface area (Å²) in [6, 6.07) is 3.95. The Labute approximate surface area is 140 Å². The molecule has 0 unspecified atom stereocenters. The Morgan fingerprint density at radius 1 is 1.43 bits per heavy atom. The molecule has 3 heterocycles. The van der Waals surface area contributed by atoms with E-state index in [0.717, 1.165) is 36.3 Å². The summed E-state index contributed by atoms with van der Waals surface area (Å²) >= 11 is 1.65. The highest BCUT2D eigenvalue weighted by molar-refractivity contribution is 7.10. The molecule has 23 heavy (non-hydrogen) atoms. The lowest BCUT2D eigenvalue weighted by atomic mass is 9.98. The minimum atomic E-state index is -0.0159. The summed E-state index contributed by atoms with van der Waals surface area (Å²) in [5.41, 5.74) is 1.63. The number of amides is 1. The van der Waals surface area contributed by atoms with Crippen LogP contribution in [0.5, 0.6) is 0 Å². The first-order valence-corrected chi connectivity index (χ1v) is 8.92. The Hall–Kier alpha value is -1.66. The Kier molecular flexibility index (Phi) is 5.13. The molecule has 2 aromatic heterocycles. The fourth-order valence-electron chi connectivity index (χ4n) is 2.86. The lowest BCUT2D eigenvalue weighted by molar-refractivity contribution is 0.0925. The van der Waals surface area contributed by atoms with Gasteiger partial charge < -0.3 is 14.6 Å². The van der Waals surface area contributed by atoms with Gasteiger partial charge in [0.1, 0.15) is 5.76 Å². The fraction of sp³-hybridized carbons (Fsp3) is 0.529. The molecule has 5 nitrogen and oxygen atoms in total. The SMILES string of the molecule is CCCc1cc(C(=O)N[C@H]2COC[C@H]2Cc2cc(C)no2)cs1. The summed E-state index contributed by atoms with van der Waals surface area (Å²) in [7, 11) is 0. The standard InChI is InChI=1S/C17H22N2O3S/c1-3-4-15-7-13(10-23-15)17(20)18-16-9-21-8-12(16)6-14-5-11(2)19-22-14/h5,7,10,12,16H,3-4,6,8-9H2,1-2H3,(H,18,20)/t12-,16+/m1/s1. The molecule has 6 heteroatoms. The van der Waals surface area contributed by atoms with E-state index in [9.17, 15) is 4.79 Å². The molecule has 1 aliphatic heterocycles. The van der Waals surface area contributed by atoms with Crippen LogP contribution in [0, 0.1) is 12.8 Å². The molecule has 0 aliphatic carbocycles. The van der Waals surface area contributed by atoms with Crippen LogP contribution in [-0.2, 0) is 17.6 Å². The molecule has 1 saturated heterocycles. The van der Waals surface area contributed by atoms with Crippen LogP contribution in [0.3, 0.4) is 0 Å². The number of hydrogen-bond acceptors (Lipinski definition) is 5. The Morgan fingerprint density at radius 3 is 3.04 bits per heavy atom. The van der Waals surface area contributed by atoms with E-state index in [-0.39, 0.29) is 17.9 Å². The van der Waals surface area contributed by atoms with Crippen LogP contribution >= 0.6 is 11.3 Å². The highest BCUT2D eigenvalue weighted by Gasteiger charge is 2.31. The van der Waals surface area contributed by atoms with Crippen LogP contribution in [0.2, 0.25) is 0 Å². The van der Waals surface area contributed by atoms with Crippen molar-refractivity contribution in [1.29, 1.82) is 0 Å². The summed E-state index contributed by atoms with van der Waals surface area (Å²) in [6.07, 6.45) is 2.85. The van der Waals surface area contributed by atoms with Gasteiger partial charge in [0.05, 0.1) is 30.5 Å². The normalized spacial score (nSPS) is 20.8. The van der Waals surface area contributed by atoms with Crippen molar-refractivity contribution in [3.05, 3.63) is 39.4 Å². The second-order valence-electron chi connectivity index (χ2n) is 6.07. The van der Waals surface area contributed by atoms with Crippen molar-refractivity contribution in [2.24, 2.45) is 5.92 Å². The number of carbonyl (C=O) groups is 1. The molecule has 124 valence electrons. The molecule has 0 radical (unpaired) electrons. The molecule has 2 atom stereocenters. The molecule has 1 aliphatic rings. The third-order valence-corrected chi connectivity index (χ3v) is 5.06. The average Bonchev–Trinajstić information content (AvgIpc) is 3.23. The van der Waals surface area contributed by atoms with E-state index < -0.39 is 0 Å². The molecule has 0 bridgehead atoms. The molecule has 0 spiro atoms. The summed E-state index contributed by atoms with van der Waals surface area (Å²) in [6.45, 7) is 5.23. The highest BCUT2D eigenvalue weighted by Crippen LogP contribution is 2.21. The molecule has 2 aromatic rings. The van der Waals surface area contributed by atoms with Gasteiger partial charge in [-0.25, -0.2) is 0 Å². The number of rotatable bonds is 6. The van der Waals surface area contributed by atoms with E-state index in [4.69, 9.17) is 9.26 Å². The minimum Gasteiger partial charge on any atom is -0.379 e. The maximum atomic E-state index is 12.4. The van der Waals surface area contributed by atoms with Crippen LogP contribution in [0.4, 0.5) is 0 Å². The summed E-state index contributed by atoms with van der Waals surface area (Å²) in [5, 5.41) is 8.95. The first-order valence-electron chi connectivity index (χ1n) is 8.04. The van der Waals surface area contributed by atoms with Crippen molar-refractivity contribution >= 4 is 17.2 Å². The Bertz CT molecular complexity index is 664. The molecule has 0 saturated carbocycles. The second-order valence-corrected chi connectivity index (χ2v) is 7.06. The van der Waals surface area contributed by atoms with Crippen LogP contribution in [0.15, 0.2) is 22.0 Å². The van der Waals surface area contributed by atoms with Crippen molar-refractivity contribution < 1.29 is 14.1 Å². The average molecular weight is 334 g/mol. The van der Waals surface area contributed by atoms with E-state index in [1.165, 1.54) is 4.88 Å². The van der Waals surface area contributed by atoms with Crippen molar-refractivity contribution in [3.8, 4) is 0 Å². The monoisotopic (exact) mass is 334 g/mol. The highest BCUT2D eigenvalue weighted by atomic mass is 32.1. The maximum Gasteiger partial charge on any atom is 0.252 e. The molecule has 1 amide bonds. The molecule has 3 rings (SSSR count). The van der Waals surface area contributed by atoms with Gasteiger partial charge in [-0.15, -0.1) is 11.3 Å². The number of nitrogens with one attached hydrogen (secondary N) is 1. The van der Waals surface area contributed by atoms with Crippen LogP contribution in [0.1, 0.15) is 40.0 Å². The van der Waals surface area contributed by atoms with E-state index in [0.29, 0.717) is 13.2 Å². The number of thiophene rings is 1. The Morgan fingerprint density at radius 2 is 2.30 bits per heavy atom. The molecular formula is C17H22N2O3S. The van der Waals surface area contributed by atoms with E-state index in [2.05, 4.69) is 17.4 Å². The van der Waals surface area contributed by atoms with Crippen molar-refractivity contribution in [1.82, 2.24) is 10.5 Å². The number of aromatic nitrogens is 1. The third kappa shape index (κ3) is 4.00. The lowest BCUT2D eigenvalue weighted by Gasteiger charge is -2.17. The minimum absolute atomic E-state index is 0.0159. The lowest BCUT2D eigenvalue weighted by Crippen LogP contribution is -2.40.